The van der Waals surface area contributed by atoms with Crippen molar-refractivity contribution in [3.05, 3.63) is 46.0 Å². The third-order valence-corrected chi connectivity index (χ3v) is 4.28. The lowest BCUT2D eigenvalue weighted by Gasteiger charge is -2.47. The lowest BCUT2D eigenvalue weighted by atomic mass is 9.73. The molecule has 0 spiro atoms. The molecular weight excluding hydrogens is 272 g/mol. The molecule has 6 heteroatoms. The smallest absolute Gasteiger partial charge is 0.408 e. The monoisotopic (exact) mass is 292 g/mol. The average molecular weight is 292 g/mol. The van der Waals surface area contributed by atoms with Crippen LogP contribution < -0.4 is 0 Å². The number of hydrogen-bond donors (Lipinski definition) is 1. The predicted molar refractivity (Wildman–Crippen MR) is 77.8 cm³/mol. The fraction of sp³-hybridized carbons (Fsp3) is 0.533. The summed E-state index contributed by atoms with van der Waals surface area (Å²) in [4.78, 5) is 24.2. The van der Waals surface area contributed by atoms with Crippen molar-refractivity contribution in [2.45, 2.75) is 44.2 Å². The Morgan fingerprint density at radius 1 is 1.48 bits per heavy atom. The number of hydrogen-bond acceptors (Lipinski definition) is 3. The summed E-state index contributed by atoms with van der Waals surface area (Å²) in [5, 5.41) is 21.1. The number of likely N-dealkylation sites (tertiary alicyclic amines) is 1. The van der Waals surface area contributed by atoms with Crippen molar-refractivity contribution in [3.63, 3.8) is 0 Å². The lowest BCUT2D eigenvalue weighted by Crippen LogP contribution is -2.61. The molecular formula is C15H20N2O4. The highest BCUT2D eigenvalue weighted by Gasteiger charge is 2.55. The minimum atomic E-state index is -1.08. The molecule has 6 nitrogen and oxygen atoms in total. The molecule has 0 aromatic heterocycles. The molecule has 0 saturated carbocycles. The molecule has 2 atom stereocenters. The largest absolute Gasteiger partial charge is 0.465 e. The number of rotatable bonds is 4. The van der Waals surface area contributed by atoms with Gasteiger partial charge in [-0.25, -0.2) is 4.79 Å². The minimum Gasteiger partial charge on any atom is -0.465 e. The van der Waals surface area contributed by atoms with Crippen LogP contribution in [0.4, 0.5) is 4.79 Å². The number of amides is 1. The highest BCUT2D eigenvalue weighted by atomic mass is 16.6. The van der Waals surface area contributed by atoms with Crippen molar-refractivity contribution >= 4 is 6.09 Å². The summed E-state index contributed by atoms with van der Waals surface area (Å²) < 4.78 is 0. The zero-order valence-electron chi connectivity index (χ0n) is 12.1. The van der Waals surface area contributed by atoms with Crippen LogP contribution in [0, 0.1) is 10.1 Å². The molecule has 114 valence electrons. The standard InChI is InChI=1S/C15H20N2O4/c1-2-10-15(12-7-4-3-5-8-12)13(17(20)21)9-6-11-16(15)14(18)19/h3-5,7-8,13H,2,6,9-11H2,1H3,(H,18,19)/t13-,15+/m0/s1. The maximum absolute atomic E-state index is 11.7. The molecule has 1 aromatic rings. The quantitative estimate of drug-likeness (QED) is 0.682. The maximum atomic E-state index is 11.7. The fourth-order valence-electron chi connectivity index (χ4n) is 3.51. The van der Waals surface area contributed by atoms with Gasteiger partial charge in [0.25, 0.3) is 0 Å². The van der Waals surface area contributed by atoms with Crippen LogP contribution in [0.2, 0.25) is 0 Å². The van der Waals surface area contributed by atoms with Crippen LogP contribution in [0.5, 0.6) is 0 Å². The molecule has 0 radical (unpaired) electrons. The van der Waals surface area contributed by atoms with Crippen LogP contribution in [0.3, 0.4) is 0 Å². The van der Waals surface area contributed by atoms with Crippen molar-refractivity contribution in [1.82, 2.24) is 4.90 Å². The lowest BCUT2D eigenvalue weighted by molar-refractivity contribution is -0.546. The van der Waals surface area contributed by atoms with Gasteiger partial charge < -0.3 is 5.11 Å². The van der Waals surface area contributed by atoms with Gasteiger partial charge in [0.15, 0.2) is 0 Å². The first kappa shape index (κ1) is 15.3. The van der Waals surface area contributed by atoms with Gasteiger partial charge in [-0.3, -0.25) is 15.0 Å². The number of benzene rings is 1. The Kier molecular flexibility index (Phi) is 4.45. The van der Waals surface area contributed by atoms with E-state index >= 15 is 0 Å². The van der Waals surface area contributed by atoms with Gasteiger partial charge in [0, 0.05) is 17.9 Å². The molecule has 2 rings (SSSR count). The molecule has 1 aromatic carbocycles. The second-order valence-electron chi connectivity index (χ2n) is 5.42. The Balaban J connectivity index is 2.62. The van der Waals surface area contributed by atoms with Gasteiger partial charge in [0.2, 0.25) is 6.04 Å². The third kappa shape index (κ3) is 2.57. The van der Waals surface area contributed by atoms with Crippen LogP contribution in [-0.4, -0.2) is 33.6 Å². The molecule has 1 saturated heterocycles. The van der Waals surface area contributed by atoms with Gasteiger partial charge in [-0.1, -0.05) is 43.7 Å². The van der Waals surface area contributed by atoms with Crippen molar-refractivity contribution in [1.29, 1.82) is 0 Å². The SMILES string of the molecule is CCC[C@@]1(c2ccccc2)[C@@H]([N+](=O)[O-])CCCN1C(=O)O. The summed E-state index contributed by atoms with van der Waals surface area (Å²) >= 11 is 0. The first-order valence-electron chi connectivity index (χ1n) is 7.23. The van der Waals surface area contributed by atoms with Crippen LogP contribution >= 0.6 is 0 Å². The van der Waals surface area contributed by atoms with Crippen LogP contribution in [0.15, 0.2) is 30.3 Å². The summed E-state index contributed by atoms with van der Waals surface area (Å²) in [6, 6.07) is 8.14. The molecule has 1 amide bonds. The molecule has 21 heavy (non-hydrogen) atoms. The van der Waals surface area contributed by atoms with Gasteiger partial charge in [-0.05, 0) is 18.4 Å². The highest BCUT2D eigenvalue weighted by Crippen LogP contribution is 2.43. The molecule has 1 heterocycles. The van der Waals surface area contributed by atoms with Crippen LogP contribution in [0.1, 0.15) is 38.2 Å². The Hall–Kier alpha value is -2.11. The van der Waals surface area contributed by atoms with E-state index in [2.05, 4.69) is 0 Å². The van der Waals surface area contributed by atoms with E-state index in [1.54, 1.807) is 24.3 Å². The average Bonchev–Trinajstić information content (AvgIpc) is 2.47. The van der Waals surface area contributed by atoms with E-state index in [1.165, 1.54) is 4.90 Å². The number of nitrogens with zero attached hydrogens (tertiary/aromatic N) is 2. The van der Waals surface area contributed by atoms with Gasteiger partial charge in [0.1, 0.15) is 5.54 Å². The Bertz CT molecular complexity index is 496. The predicted octanol–water partition coefficient (Wildman–Crippen LogP) is 3.10. The molecule has 1 N–H and O–H groups in total. The topological polar surface area (TPSA) is 83.7 Å². The molecule has 0 unspecified atom stereocenters. The number of carbonyl (C=O) groups is 1. The molecule has 0 bridgehead atoms. The second kappa shape index (κ2) is 6.11. The van der Waals surface area contributed by atoms with E-state index in [9.17, 15) is 20.0 Å². The molecule has 1 aliphatic heterocycles. The van der Waals surface area contributed by atoms with Gasteiger partial charge in [-0.2, -0.15) is 0 Å². The van der Waals surface area contributed by atoms with E-state index in [0.29, 0.717) is 32.2 Å². The Morgan fingerprint density at radius 3 is 2.67 bits per heavy atom. The van der Waals surface area contributed by atoms with E-state index in [-0.39, 0.29) is 4.92 Å². The third-order valence-electron chi connectivity index (χ3n) is 4.28. The maximum Gasteiger partial charge on any atom is 0.408 e. The van der Waals surface area contributed by atoms with Crippen LogP contribution in [-0.2, 0) is 5.54 Å². The summed E-state index contributed by atoms with van der Waals surface area (Å²) in [6.07, 6.45) is 0.985. The first-order chi connectivity index (χ1) is 10.0. The normalized spacial score (nSPS) is 25.6. The van der Waals surface area contributed by atoms with Crippen LogP contribution in [0.25, 0.3) is 0 Å². The van der Waals surface area contributed by atoms with E-state index in [4.69, 9.17) is 0 Å². The van der Waals surface area contributed by atoms with Crippen molar-refractivity contribution in [2.75, 3.05) is 6.54 Å². The van der Waals surface area contributed by atoms with Crippen molar-refractivity contribution in [2.24, 2.45) is 0 Å². The number of piperidine rings is 1. The van der Waals surface area contributed by atoms with Gasteiger partial charge >= 0.3 is 6.09 Å². The van der Waals surface area contributed by atoms with E-state index in [0.717, 1.165) is 5.56 Å². The zero-order valence-corrected chi connectivity index (χ0v) is 12.1. The minimum absolute atomic E-state index is 0.308. The highest BCUT2D eigenvalue weighted by molar-refractivity contribution is 5.67. The summed E-state index contributed by atoms with van der Waals surface area (Å²) in [5.41, 5.74) is -0.348. The summed E-state index contributed by atoms with van der Waals surface area (Å²) in [5.74, 6) is 0. The zero-order chi connectivity index (χ0) is 15.5. The number of nitro groups is 1. The van der Waals surface area contributed by atoms with E-state index in [1.807, 2.05) is 13.0 Å². The fourth-order valence-corrected chi connectivity index (χ4v) is 3.51. The van der Waals surface area contributed by atoms with Crippen molar-refractivity contribution < 1.29 is 14.8 Å². The second-order valence-corrected chi connectivity index (χ2v) is 5.42. The summed E-state index contributed by atoms with van der Waals surface area (Å²) in [7, 11) is 0. The van der Waals surface area contributed by atoms with E-state index < -0.39 is 17.7 Å². The van der Waals surface area contributed by atoms with Gasteiger partial charge in [0.05, 0.1) is 0 Å². The molecule has 1 fully saturated rings. The Labute approximate surface area is 123 Å². The molecule has 1 aliphatic rings. The summed E-state index contributed by atoms with van der Waals surface area (Å²) in [6.45, 7) is 2.27. The van der Waals surface area contributed by atoms with Gasteiger partial charge in [-0.15, -0.1) is 0 Å². The Morgan fingerprint density at radius 2 is 2.14 bits per heavy atom. The molecule has 0 aliphatic carbocycles. The number of carboxylic acid groups (broad SMARTS) is 1. The first-order valence-corrected chi connectivity index (χ1v) is 7.23. The van der Waals surface area contributed by atoms with Crippen molar-refractivity contribution in [3.8, 4) is 0 Å².